The average Bonchev–Trinajstić information content (AvgIpc) is 3.35. The Morgan fingerprint density at radius 3 is 2.25 bits per heavy atom. The fourth-order valence-corrected chi connectivity index (χ4v) is 13.9. The van der Waals surface area contributed by atoms with Crippen molar-refractivity contribution >= 4 is 33.5 Å². The molecule has 0 unspecified atom stereocenters. The molecule has 2 saturated carbocycles. The van der Waals surface area contributed by atoms with Crippen LogP contribution in [0.5, 0.6) is 28.7 Å². The molecule has 9 atom stereocenters. The van der Waals surface area contributed by atoms with Crippen LogP contribution in [0.2, 0.25) is 0 Å². The van der Waals surface area contributed by atoms with Gasteiger partial charge in [0.05, 0.1) is 26.7 Å². The van der Waals surface area contributed by atoms with Crippen LogP contribution in [0.3, 0.4) is 0 Å². The first-order valence-electron chi connectivity index (χ1n) is 24.7. The average molecular weight is 954 g/mol. The maximum atomic E-state index is 14.7. The Hall–Kier alpha value is -7.08. The summed E-state index contributed by atoms with van der Waals surface area (Å²) in [5.74, 6) is -1.82. The molecule has 0 saturated heterocycles. The van der Waals surface area contributed by atoms with Gasteiger partial charge in [-0.3, -0.25) is 9.59 Å². The SMILES string of the molecule is CNCc1cccc(-c2cc(O)cc3ccc(CC(=O)O[C@H]4C[C@@H]5c6cc(OC)c(O)cc6C[C@H]6[C@H]5[C@@]5(c7ccc8ccccc8c7)[C@H](Cc7cc(OC)c(O)cc7[C@@H]5C[C@@H]6O)[C@H](OC(C)=O)C4)cc23)c1. The van der Waals surface area contributed by atoms with Crippen molar-refractivity contribution < 1.29 is 49.0 Å². The second-order valence-corrected chi connectivity index (χ2v) is 20.3. The van der Waals surface area contributed by atoms with E-state index < -0.39 is 41.6 Å². The third kappa shape index (κ3) is 7.99. The lowest BCUT2D eigenvalue weighted by Gasteiger charge is -2.66. The molecule has 0 bridgehead atoms. The van der Waals surface area contributed by atoms with Gasteiger partial charge < -0.3 is 44.7 Å². The third-order valence-electron chi connectivity index (χ3n) is 16.5. The molecule has 0 aromatic heterocycles. The first kappa shape index (κ1) is 46.3. The predicted molar refractivity (Wildman–Crippen MR) is 271 cm³/mol. The molecule has 0 spiro atoms. The number of phenols is 3. The number of aliphatic hydroxyl groups is 1. The number of benzene rings is 7. The van der Waals surface area contributed by atoms with Gasteiger partial charge in [0.1, 0.15) is 18.0 Å². The monoisotopic (exact) mass is 953 g/mol. The number of hydrogen-bond acceptors (Lipinski definition) is 11. The lowest BCUT2D eigenvalue weighted by Crippen LogP contribution is -2.65. The molecule has 4 aliphatic carbocycles. The topological polar surface area (TPSA) is 164 Å². The van der Waals surface area contributed by atoms with Crippen molar-refractivity contribution in [3.63, 3.8) is 0 Å². The maximum Gasteiger partial charge on any atom is 0.310 e. The molecule has 11 heteroatoms. The van der Waals surface area contributed by atoms with Crippen LogP contribution < -0.4 is 14.8 Å². The molecule has 7 aromatic rings. The Labute approximate surface area is 413 Å². The van der Waals surface area contributed by atoms with Crippen molar-refractivity contribution in [3.8, 4) is 39.9 Å². The lowest BCUT2D eigenvalue weighted by molar-refractivity contribution is -0.170. The van der Waals surface area contributed by atoms with E-state index in [9.17, 15) is 30.0 Å². The molecular formula is C60H59NO10. The lowest BCUT2D eigenvalue weighted by atomic mass is 9.38. The third-order valence-corrected chi connectivity index (χ3v) is 16.5. The number of esters is 2. The number of aliphatic hydroxyl groups excluding tert-OH is 1. The summed E-state index contributed by atoms with van der Waals surface area (Å²) >= 11 is 0. The van der Waals surface area contributed by atoms with Crippen LogP contribution in [0.25, 0.3) is 32.7 Å². The van der Waals surface area contributed by atoms with Gasteiger partial charge in [-0.05, 0) is 177 Å². The number of methoxy groups -OCH3 is 2. The van der Waals surface area contributed by atoms with Crippen molar-refractivity contribution in [2.45, 2.75) is 87.6 Å². The fraction of sp³-hybridized carbons (Fsp3) is 0.333. The minimum Gasteiger partial charge on any atom is -0.508 e. The second-order valence-electron chi connectivity index (χ2n) is 20.3. The molecule has 0 aliphatic heterocycles. The van der Waals surface area contributed by atoms with Gasteiger partial charge in [-0.25, -0.2) is 0 Å². The predicted octanol–water partition coefficient (Wildman–Crippen LogP) is 9.92. The van der Waals surface area contributed by atoms with Gasteiger partial charge in [-0.1, -0.05) is 72.8 Å². The number of phenolic OH excluding ortho intramolecular Hbond substituents is 3. The first-order valence-corrected chi connectivity index (χ1v) is 24.7. The molecule has 7 aromatic carbocycles. The van der Waals surface area contributed by atoms with E-state index in [1.165, 1.54) is 21.1 Å². The number of aromatic hydroxyl groups is 3. The normalized spacial score (nSPS) is 25.2. The molecule has 71 heavy (non-hydrogen) atoms. The Morgan fingerprint density at radius 2 is 1.46 bits per heavy atom. The van der Waals surface area contributed by atoms with Gasteiger partial charge in [-0.2, -0.15) is 0 Å². The minimum absolute atomic E-state index is 0.00850. The molecule has 0 amide bonds. The van der Waals surface area contributed by atoms with Crippen LogP contribution in [-0.2, 0) is 50.3 Å². The van der Waals surface area contributed by atoms with Gasteiger partial charge in [-0.15, -0.1) is 0 Å². The van der Waals surface area contributed by atoms with Crippen molar-refractivity contribution in [2.24, 2.45) is 17.8 Å². The number of carbonyl (C=O) groups is 2. The highest BCUT2D eigenvalue weighted by Crippen LogP contribution is 2.69. The Kier molecular flexibility index (Phi) is 11.9. The number of fused-ring (bicyclic) bond motifs is 6. The van der Waals surface area contributed by atoms with E-state index in [0.717, 1.165) is 71.6 Å². The summed E-state index contributed by atoms with van der Waals surface area (Å²) in [5, 5.41) is 53.3. The molecule has 364 valence electrons. The molecule has 0 heterocycles. The van der Waals surface area contributed by atoms with Gasteiger partial charge in [0, 0.05) is 31.2 Å². The summed E-state index contributed by atoms with van der Waals surface area (Å²) in [6, 6.07) is 39.7. The number of nitrogens with one attached hydrogen (secondary N) is 1. The zero-order valence-electron chi connectivity index (χ0n) is 40.4. The zero-order valence-corrected chi connectivity index (χ0v) is 40.4. The summed E-state index contributed by atoms with van der Waals surface area (Å²) in [6.45, 7) is 2.11. The van der Waals surface area contributed by atoms with Crippen molar-refractivity contribution in [1.82, 2.24) is 5.32 Å². The largest absolute Gasteiger partial charge is 0.508 e. The van der Waals surface area contributed by atoms with Crippen LogP contribution in [0.15, 0.2) is 121 Å². The van der Waals surface area contributed by atoms with Crippen LogP contribution in [-0.4, -0.2) is 71.9 Å². The van der Waals surface area contributed by atoms with Gasteiger partial charge >= 0.3 is 11.9 Å². The summed E-state index contributed by atoms with van der Waals surface area (Å²) in [7, 11) is 4.96. The van der Waals surface area contributed by atoms with E-state index in [4.69, 9.17) is 18.9 Å². The van der Waals surface area contributed by atoms with Gasteiger partial charge in [0.2, 0.25) is 0 Å². The van der Waals surface area contributed by atoms with Crippen LogP contribution >= 0.6 is 0 Å². The van der Waals surface area contributed by atoms with E-state index in [1.54, 1.807) is 24.3 Å². The Balaban J connectivity index is 1.06. The first-order chi connectivity index (χ1) is 34.4. The molecule has 5 N–H and O–H groups in total. The molecule has 11 nitrogen and oxygen atoms in total. The summed E-state index contributed by atoms with van der Waals surface area (Å²) in [4.78, 5) is 28.2. The van der Waals surface area contributed by atoms with Crippen molar-refractivity contribution in [3.05, 3.63) is 160 Å². The minimum atomic E-state index is -0.799. The molecule has 11 rings (SSSR count). The van der Waals surface area contributed by atoms with Crippen molar-refractivity contribution in [1.29, 1.82) is 0 Å². The van der Waals surface area contributed by atoms with E-state index in [1.807, 2.05) is 61.6 Å². The second kappa shape index (κ2) is 18.3. The Morgan fingerprint density at radius 1 is 0.704 bits per heavy atom. The Bertz CT molecular complexity index is 3240. The van der Waals surface area contributed by atoms with Crippen molar-refractivity contribution in [2.75, 3.05) is 21.3 Å². The fourth-order valence-electron chi connectivity index (χ4n) is 13.9. The van der Waals surface area contributed by atoms with Gasteiger partial charge in [0.15, 0.2) is 23.0 Å². The molecule has 2 fully saturated rings. The number of rotatable bonds is 10. The summed E-state index contributed by atoms with van der Waals surface area (Å²) in [5.41, 5.74) is 7.57. The zero-order chi connectivity index (χ0) is 49.3. The number of hydrogen-bond donors (Lipinski definition) is 5. The number of ether oxygens (including phenoxy) is 4. The smallest absolute Gasteiger partial charge is 0.310 e. The van der Waals surface area contributed by atoms with E-state index >= 15 is 0 Å². The van der Waals surface area contributed by atoms with Crippen LogP contribution in [0, 0.1) is 17.8 Å². The molecular weight excluding hydrogens is 895 g/mol. The highest BCUT2D eigenvalue weighted by atomic mass is 16.6. The molecule has 4 aliphatic rings. The van der Waals surface area contributed by atoms with E-state index in [2.05, 4.69) is 47.8 Å². The van der Waals surface area contributed by atoms with E-state index in [0.29, 0.717) is 43.7 Å². The summed E-state index contributed by atoms with van der Waals surface area (Å²) in [6.07, 6.45) is -0.510. The van der Waals surface area contributed by atoms with E-state index in [-0.39, 0.29) is 53.8 Å². The number of carbonyl (C=O) groups excluding carboxylic acids is 2. The van der Waals surface area contributed by atoms with Crippen LogP contribution in [0.1, 0.15) is 77.0 Å². The highest BCUT2D eigenvalue weighted by molar-refractivity contribution is 5.98. The van der Waals surface area contributed by atoms with Crippen LogP contribution in [0.4, 0.5) is 0 Å². The standard InChI is InChI=1S/C60H59NO10/c1-32(62)70-55-27-43(71-58(67)18-33-12-13-38-20-42(63)25-45(44(38)17-33)37-11-7-8-34(16-37)31-61-2)26-48-46-29-57(69-4)53(65)23-39(46)21-49-52(64)30-50-47-28-54(66)56(68-3)24-40(47)22-51(55)60(50,59(48)49)41-15-14-35-9-5-6-10-36(35)19-41/h5-17,19-20,23-25,28-29,43,48-52,55,59,61,63-66H,18,21-22,26-27,30-31H2,1-4H3/t43-,48+,49+,50-,51+,52-,55+,59-,60+/m0/s1. The highest BCUT2D eigenvalue weighted by Gasteiger charge is 2.67. The van der Waals surface area contributed by atoms with Gasteiger partial charge in [0.25, 0.3) is 0 Å². The summed E-state index contributed by atoms with van der Waals surface area (Å²) < 4.78 is 24.8. The maximum absolute atomic E-state index is 14.7. The molecule has 0 radical (unpaired) electrons. The quantitative estimate of drug-likeness (QED) is 0.0830.